The predicted octanol–water partition coefficient (Wildman–Crippen LogP) is 4.41. The smallest absolute Gasteiger partial charge is 0.319 e. The first-order chi connectivity index (χ1) is 15.0. The average molecular weight is 457 g/mol. The number of allylic oxidation sites excluding steroid dienone is 1. The van der Waals surface area contributed by atoms with Gasteiger partial charge in [0.2, 0.25) is 5.91 Å². The van der Waals surface area contributed by atoms with E-state index in [9.17, 15) is 14.9 Å². The maximum atomic E-state index is 12.9. The first-order valence-electron chi connectivity index (χ1n) is 9.61. The molecular formula is C23H21ClN2O4S. The highest BCUT2D eigenvalue weighted by atomic mass is 35.5. The summed E-state index contributed by atoms with van der Waals surface area (Å²) in [4.78, 5) is 25.3. The number of benzene rings is 2. The minimum atomic E-state index is -1.16. The van der Waals surface area contributed by atoms with Crippen LogP contribution in [0.2, 0.25) is 5.02 Å². The second-order valence-corrected chi connectivity index (χ2v) is 8.16. The summed E-state index contributed by atoms with van der Waals surface area (Å²) in [7, 11) is 1.23. The van der Waals surface area contributed by atoms with Crippen molar-refractivity contribution in [3.05, 3.63) is 75.3 Å². The van der Waals surface area contributed by atoms with Crippen LogP contribution in [0.4, 0.5) is 0 Å². The lowest BCUT2D eigenvalue weighted by Crippen LogP contribution is -2.44. The maximum absolute atomic E-state index is 12.9. The number of nitriles is 1. The molecule has 2 aromatic rings. The van der Waals surface area contributed by atoms with Crippen LogP contribution in [0.1, 0.15) is 24.0 Å². The zero-order valence-corrected chi connectivity index (χ0v) is 18.6. The number of rotatable bonds is 7. The summed E-state index contributed by atoms with van der Waals surface area (Å²) in [5, 5.41) is 13.7. The summed E-state index contributed by atoms with van der Waals surface area (Å²) in [6.07, 6.45) is 0. The number of carbonyl (C=O) groups excluding carboxylic acids is 2. The van der Waals surface area contributed by atoms with Gasteiger partial charge in [-0.25, -0.2) is 0 Å². The van der Waals surface area contributed by atoms with Gasteiger partial charge in [0.25, 0.3) is 0 Å². The van der Waals surface area contributed by atoms with Crippen molar-refractivity contribution in [2.75, 3.05) is 13.7 Å². The number of halogens is 1. The van der Waals surface area contributed by atoms with E-state index in [0.717, 1.165) is 5.56 Å². The Hall–Kier alpha value is -2.95. The summed E-state index contributed by atoms with van der Waals surface area (Å²) in [5.74, 6) is -1.90. The maximum Gasteiger partial charge on any atom is 0.319 e. The Kier molecular flexibility index (Phi) is 7.61. The third kappa shape index (κ3) is 5.22. The van der Waals surface area contributed by atoms with Gasteiger partial charge in [-0.05, 0) is 42.3 Å². The average Bonchev–Trinajstić information content (AvgIpc) is 2.78. The third-order valence-corrected chi connectivity index (χ3v) is 6.17. The highest BCUT2D eigenvalue weighted by Crippen LogP contribution is 2.41. The van der Waals surface area contributed by atoms with E-state index >= 15 is 0 Å². The Morgan fingerprint density at radius 3 is 2.45 bits per heavy atom. The van der Waals surface area contributed by atoms with Crippen molar-refractivity contribution >= 4 is 35.2 Å². The van der Waals surface area contributed by atoms with Crippen LogP contribution in [0.3, 0.4) is 0 Å². The van der Waals surface area contributed by atoms with E-state index in [2.05, 4.69) is 11.4 Å². The lowest BCUT2D eigenvalue weighted by molar-refractivity contribution is -0.150. The van der Waals surface area contributed by atoms with Gasteiger partial charge < -0.3 is 14.8 Å². The number of hydrogen-bond donors (Lipinski definition) is 1. The van der Waals surface area contributed by atoms with E-state index in [1.165, 1.54) is 18.9 Å². The van der Waals surface area contributed by atoms with E-state index in [1.807, 2.05) is 19.1 Å². The van der Waals surface area contributed by atoms with Gasteiger partial charge in [-0.2, -0.15) is 5.26 Å². The predicted molar refractivity (Wildman–Crippen MR) is 119 cm³/mol. The number of nitrogens with zero attached hydrogens (tertiary/aromatic N) is 1. The molecule has 0 saturated heterocycles. The minimum absolute atomic E-state index is 0.318. The summed E-state index contributed by atoms with van der Waals surface area (Å²) in [6.45, 7) is 2.40. The number of esters is 1. The van der Waals surface area contributed by atoms with E-state index in [0.29, 0.717) is 39.3 Å². The zero-order chi connectivity index (χ0) is 22.4. The van der Waals surface area contributed by atoms with Gasteiger partial charge in [0.15, 0.2) is 0 Å². The molecule has 0 unspecified atom stereocenters. The van der Waals surface area contributed by atoms with Crippen LogP contribution in [0.5, 0.6) is 5.75 Å². The Labute approximate surface area is 190 Å². The largest absolute Gasteiger partial charge is 0.494 e. The molecule has 6 nitrogen and oxygen atoms in total. The summed E-state index contributed by atoms with van der Waals surface area (Å²) in [5.41, 5.74) is 1.97. The van der Waals surface area contributed by atoms with Gasteiger partial charge in [-0.3, -0.25) is 9.59 Å². The van der Waals surface area contributed by atoms with E-state index in [-0.39, 0.29) is 0 Å². The fraction of sp³-hybridized carbons (Fsp3) is 0.261. The molecule has 0 bridgehead atoms. The number of ether oxygens (including phenoxy) is 2. The molecule has 1 aliphatic rings. The van der Waals surface area contributed by atoms with Gasteiger partial charge in [-0.15, -0.1) is 11.8 Å². The van der Waals surface area contributed by atoms with Crippen LogP contribution >= 0.6 is 23.4 Å². The topological polar surface area (TPSA) is 88.4 Å². The summed E-state index contributed by atoms with van der Waals surface area (Å²) >= 11 is 7.26. The monoisotopic (exact) mass is 456 g/mol. The van der Waals surface area contributed by atoms with Gasteiger partial charge in [-0.1, -0.05) is 35.9 Å². The molecular weight excluding hydrogens is 436 g/mol. The van der Waals surface area contributed by atoms with E-state index in [4.69, 9.17) is 21.1 Å². The van der Waals surface area contributed by atoms with Crippen molar-refractivity contribution in [1.82, 2.24) is 5.32 Å². The molecule has 0 aliphatic carbocycles. The fourth-order valence-electron chi connectivity index (χ4n) is 3.35. The number of thioether (sulfide) groups is 1. The Balaban J connectivity index is 1.98. The molecule has 3 rings (SSSR count). The Morgan fingerprint density at radius 2 is 1.87 bits per heavy atom. The molecule has 0 radical (unpaired) electrons. The molecule has 160 valence electrons. The summed E-state index contributed by atoms with van der Waals surface area (Å²) < 4.78 is 10.3. The Morgan fingerprint density at radius 1 is 1.19 bits per heavy atom. The molecule has 0 aromatic heterocycles. The zero-order valence-electron chi connectivity index (χ0n) is 17.1. The van der Waals surface area contributed by atoms with Gasteiger partial charge in [0, 0.05) is 16.7 Å². The normalized spacial score (nSPS) is 18.2. The molecule has 0 fully saturated rings. The molecule has 1 heterocycles. The lowest BCUT2D eigenvalue weighted by Gasteiger charge is -2.31. The van der Waals surface area contributed by atoms with Crippen molar-refractivity contribution < 1.29 is 19.1 Å². The first-order valence-corrected chi connectivity index (χ1v) is 11.0. The van der Waals surface area contributed by atoms with Crippen LogP contribution in [-0.4, -0.2) is 25.6 Å². The van der Waals surface area contributed by atoms with Crippen molar-refractivity contribution in [2.24, 2.45) is 5.92 Å². The fourth-order valence-corrected chi connectivity index (χ4v) is 4.48. The lowest BCUT2D eigenvalue weighted by atomic mass is 9.78. The molecule has 2 aromatic carbocycles. The molecule has 31 heavy (non-hydrogen) atoms. The summed E-state index contributed by atoms with van der Waals surface area (Å²) in [6, 6.07) is 16.6. The highest BCUT2D eigenvalue weighted by molar-refractivity contribution is 8.02. The van der Waals surface area contributed by atoms with Crippen LogP contribution in [0.15, 0.2) is 59.1 Å². The van der Waals surface area contributed by atoms with Gasteiger partial charge in [0.05, 0.1) is 30.4 Å². The molecule has 1 amide bonds. The highest BCUT2D eigenvalue weighted by Gasteiger charge is 2.44. The Bertz CT molecular complexity index is 1030. The molecule has 8 heteroatoms. The van der Waals surface area contributed by atoms with Crippen molar-refractivity contribution in [3.63, 3.8) is 0 Å². The SMILES string of the molecule is CCOc1ccc([C@@H]2C(C#N)=C(SCc3ccc(Cl)cc3)NC(=O)[C@H]2C(=O)OC)cc1. The quantitative estimate of drug-likeness (QED) is 0.490. The number of nitrogens with one attached hydrogen (secondary N) is 1. The standard InChI is InChI=1S/C23H21ClN2O4S/c1-3-30-17-10-6-15(7-11-17)19-18(12-25)22(26-21(27)20(19)23(28)29-2)31-13-14-4-8-16(24)9-5-14/h4-11,19-20H,3,13H2,1-2H3,(H,26,27)/t19-,20+/m1/s1. The van der Waals surface area contributed by atoms with Gasteiger partial charge in [0.1, 0.15) is 11.7 Å². The van der Waals surface area contributed by atoms with Crippen LogP contribution in [0, 0.1) is 17.2 Å². The first kappa shape index (κ1) is 22.7. The van der Waals surface area contributed by atoms with Crippen molar-refractivity contribution in [2.45, 2.75) is 18.6 Å². The second kappa shape index (κ2) is 10.4. The second-order valence-electron chi connectivity index (χ2n) is 6.74. The van der Waals surface area contributed by atoms with Crippen LogP contribution in [0.25, 0.3) is 0 Å². The molecule has 1 aliphatic heterocycles. The molecule has 1 N–H and O–H groups in total. The third-order valence-electron chi connectivity index (χ3n) is 4.83. The molecule has 0 saturated carbocycles. The molecule has 2 atom stereocenters. The van der Waals surface area contributed by atoms with Gasteiger partial charge >= 0.3 is 5.97 Å². The van der Waals surface area contributed by atoms with Crippen LogP contribution in [-0.2, 0) is 20.1 Å². The minimum Gasteiger partial charge on any atom is -0.494 e. The van der Waals surface area contributed by atoms with Crippen molar-refractivity contribution in [3.8, 4) is 11.8 Å². The number of hydrogen-bond acceptors (Lipinski definition) is 6. The molecule has 0 spiro atoms. The van der Waals surface area contributed by atoms with E-state index in [1.54, 1.807) is 36.4 Å². The number of carbonyl (C=O) groups is 2. The van der Waals surface area contributed by atoms with Crippen molar-refractivity contribution in [1.29, 1.82) is 5.26 Å². The number of amides is 1. The van der Waals surface area contributed by atoms with E-state index < -0.39 is 23.7 Å². The van der Waals surface area contributed by atoms with Crippen LogP contribution < -0.4 is 10.1 Å². The number of methoxy groups -OCH3 is 1.